The Morgan fingerprint density at radius 2 is 1.96 bits per heavy atom. The number of benzene rings is 1. The van der Waals surface area contributed by atoms with Gasteiger partial charge in [0.05, 0.1) is 12.5 Å². The molecule has 0 amide bonds. The summed E-state index contributed by atoms with van der Waals surface area (Å²) in [6.45, 7) is 2.78. The van der Waals surface area contributed by atoms with Gasteiger partial charge in [-0.15, -0.1) is 24.0 Å². The van der Waals surface area contributed by atoms with E-state index in [0.717, 1.165) is 29.9 Å². The molecule has 2 aromatic rings. The predicted molar refractivity (Wildman–Crippen MR) is 121 cm³/mol. The smallest absolute Gasteiger partial charge is 0.191 e. The summed E-state index contributed by atoms with van der Waals surface area (Å²) in [5.41, 5.74) is 2.05. The Morgan fingerprint density at radius 1 is 1.19 bits per heavy atom. The third kappa shape index (κ3) is 5.76. The van der Waals surface area contributed by atoms with Gasteiger partial charge >= 0.3 is 0 Å². The summed E-state index contributed by atoms with van der Waals surface area (Å²) in [4.78, 5) is 4.31. The van der Waals surface area contributed by atoms with Gasteiger partial charge in [0.15, 0.2) is 5.96 Å². The molecule has 1 saturated heterocycles. The van der Waals surface area contributed by atoms with Crippen LogP contribution in [0.2, 0.25) is 10.0 Å². The maximum Gasteiger partial charge on any atom is 0.191 e. The van der Waals surface area contributed by atoms with E-state index < -0.39 is 0 Å². The van der Waals surface area contributed by atoms with E-state index in [0.29, 0.717) is 36.3 Å². The second-order valence-corrected chi connectivity index (χ2v) is 7.27. The number of furan rings is 1. The molecule has 2 N–H and O–H groups in total. The Bertz CT molecular complexity index is 747. The molecule has 3 rings (SSSR count). The van der Waals surface area contributed by atoms with Gasteiger partial charge in [-0.3, -0.25) is 4.99 Å². The minimum atomic E-state index is -0.118. The highest BCUT2D eigenvalue weighted by Gasteiger charge is 2.36. The fourth-order valence-corrected chi connectivity index (χ4v) is 3.88. The van der Waals surface area contributed by atoms with Gasteiger partial charge in [0.1, 0.15) is 0 Å². The van der Waals surface area contributed by atoms with E-state index in [1.54, 1.807) is 19.6 Å². The molecule has 0 aliphatic carbocycles. The van der Waals surface area contributed by atoms with Crippen molar-refractivity contribution in [2.24, 2.45) is 4.99 Å². The Morgan fingerprint density at radius 3 is 2.59 bits per heavy atom. The van der Waals surface area contributed by atoms with Gasteiger partial charge < -0.3 is 19.8 Å². The Balaban J connectivity index is 0.00000261. The highest BCUT2D eigenvalue weighted by molar-refractivity contribution is 14.0. The average Bonchev–Trinajstić information content (AvgIpc) is 3.16. The summed E-state index contributed by atoms with van der Waals surface area (Å²) in [6.07, 6.45) is 5.15. The van der Waals surface area contributed by atoms with Crippen molar-refractivity contribution in [3.8, 4) is 0 Å². The van der Waals surface area contributed by atoms with Crippen molar-refractivity contribution in [3.05, 3.63) is 58.0 Å². The number of guanidine groups is 1. The molecular weight excluding hydrogens is 500 g/mol. The summed E-state index contributed by atoms with van der Waals surface area (Å²) in [7, 11) is 1.76. The van der Waals surface area contributed by atoms with E-state index >= 15 is 0 Å². The molecule has 1 aliphatic rings. The SMILES string of the molecule is CN=C(NCc1ccoc1)NCC1(c2ccc(Cl)cc2Cl)CCOCC1.I. The van der Waals surface area contributed by atoms with Crippen molar-refractivity contribution < 1.29 is 9.15 Å². The summed E-state index contributed by atoms with van der Waals surface area (Å²) in [6, 6.07) is 7.65. The van der Waals surface area contributed by atoms with Gasteiger partial charge in [-0.1, -0.05) is 29.3 Å². The molecule has 5 nitrogen and oxygen atoms in total. The van der Waals surface area contributed by atoms with Crippen LogP contribution in [0.25, 0.3) is 0 Å². The normalized spacial score (nSPS) is 16.5. The van der Waals surface area contributed by atoms with Crippen LogP contribution in [0.5, 0.6) is 0 Å². The minimum Gasteiger partial charge on any atom is -0.472 e. The molecule has 0 saturated carbocycles. The maximum absolute atomic E-state index is 6.52. The summed E-state index contributed by atoms with van der Waals surface area (Å²) in [5.74, 6) is 0.738. The van der Waals surface area contributed by atoms with Crippen LogP contribution in [0.4, 0.5) is 0 Å². The molecule has 1 aliphatic heterocycles. The fourth-order valence-electron chi connectivity index (χ4n) is 3.28. The van der Waals surface area contributed by atoms with Crippen molar-refractivity contribution in [2.75, 3.05) is 26.8 Å². The first-order valence-electron chi connectivity index (χ1n) is 8.62. The summed E-state index contributed by atoms with van der Waals surface area (Å²) >= 11 is 12.6. The van der Waals surface area contributed by atoms with Gasteiger partial charge in [-0.25, -0.2) is 0 Å². The lowest BCUT2D eigenvalue weighted by atomic mass is 9.74. The zero-order chi connectivity index (χ0) is 18.4. The molecule has 0 radical (unpaired) electrons. The molecule has 0 bridgehead atoms. The lowest BCUT2D eigenvalue weighted by Crippen LogP contribution is -2.48. The topological polar surface area (TPSA) is 58.8 Å². The number of nitrogens with one attached hydrogen (secondary N) is 2. The van der Waals surface area contributed by atoms with Crippen LogP contribution in [0.3, 0.4) is 0 Å². The quantitative estimate of drug-likeness (QED) is 0.341. The first-order chi connectivity index (χ1) is 12.6. The van der Waals surface area contributed by atoms with E-state index in [-0.39, 0.29) is 29.4 Å². The number of hydrogen-bond acceptors (Lipinski definition) is 3. The fraction of sp³-hybridized carbons (Fsp3) is 0.421. The molecule has 0 unspecified atom stereocenters. The van der Waals surface area contributed by atoms with Gasteiger partial charge in [0.2, 0.25) is 0 Å². The maximum atomic E-state index is 6.52. The predicted octanol–water partition coefficient (Wildman–Crippen LogP) is 4.62. The van der Waals surface area contributed by atoms with E-state index in [9.17, 15) is 0 Å². The monoisotopic (exact) mass is 523 g/mol. The van der Waals surface area contributed by atoms with Crippen LogP contribution in [0, 0.1) is 0 Å². The van der Waals surface area contributed by atoms with E-state index in [1.165, 1.54) is 0 Å². The lowest BCUT2D eigenvalue weighted by Gasteiger charge is -2.38. The number of hydrogen-bond donors (Lipinski definition) is 2. The molecule has 1 fully saturated rings. The molecule has 0 spiro atoms. The van der Waals surface area contributed by atoms with Crippen molar-refractivity contribution in [1.29, 1.82) is 0 Å². The van der Waals surface area contributed by atoms with Crippen LogP contribution in [0.1, 0.15) is 24.0 Å². The van der Waals surface area contributed by atoms with Crippen LogP contribution < -0.4 is 10.6 Å². The highest BCUT2D eigenvalue weighted by Crippen LogP contribution is 2.39. The molecule has 2 heterocycles. The van der Waals surface area contributed by atoms with Gasteiger partial charge in [0.25, 0.3) is 0 Å². The second kappa shape index (κ2) is 10.5. The Hall–Kier alpha value is -0.960. The molecule has 1 aromatic carbocycles. The molecule has 1 aromatic heterocycles. The van der Waals surface area contributed by atoms with Crippen LogP contribution in [-0.2, 0) is 16.7 Å². The first kappa shape index (κ1) is 22.3. The molecule has 0 atom stereocenters. The lowest BCUT2D eigenvalue weighted by molar-refractivity contribution is 0.0514. The van der Waals surface area contributed by atoms with Gasteiger partial charge in [-0.05, 0) is 36.6 Å². The number of aliphatic imine (C=N–C) groups is 1. The molecule has 8 heteroatoms. The Labute approximate surface area is 186 Å². The minimum absolute atomic E-state index is 0. The number of halogens is 3. The van der Waals surface area contributed by atoms with Crippen molar-refractivity contribution in [3.63, 3.8) is 0 Å². The van der Waals surface area contributed by atoms with Crippen molar-refractivity contribution in [1.82, 2.24) is 10.6 Å². The number of ether oxygens (including phenoxy) is 1. The zero-order valence-electron chi connectivity index (χ0n) is 15.1. The standard InChI is InChI=1S/C19H23Cl2N3O2.HI/c1-22-18(23-11-14-4-7-26-12-14)24-13-19(5-8-25-9-6-19)16-3-2-15(20)10-17(16)21;/h2-4,7,10,12H,5-6,8-9,11,13H2,1H3,(H2,22,23,24);1H. The van der Waals surface area contributed by atoms with Crippen molar-refractivity contribution in [2.45, 2.75) is 24.8 Å². The summed E-state index contributed by atoms with van der Waals surface area (Å²) < 4.78 is 10.7. The third-order valence-electron chi connectivity index (χ3n) is 4.81. The number of nitrogens with zero attached hydrogens (tertiary/aromatic N) is 1. The van der Waals surface area contributed by atoms with E-state index in [2.05, 4.69) is 15.6 Å². The molecular formula is C19H24Cl2IN3O2. The van der Waals surface area contributed by atoms with E-state index in [4.69, 9.17) is 32.4 Å². The average molecular weight is 524 g/mol. The van der Waals surface area contributed by atoms with Gasteiger partial charge in [-0.2, -0.15) is 0 Å². The van der Waals surface area contributed by atoms with Crippen molar-refractivity contribution >= 4 is 53.1 Å². The molecule has 27 heavy (non-hydrogen) atoms. The highest BCUT2D eigenvalue weighted by atomic mass is 127. The van der Waals surface area contributed by atoms with Gasteiger partial charge in [0, 0.05) is 54.4 Å². The van der Waals surface area contributed by atoms with Crippen LogP contribution in [-0.4, -0.2) is 32.8 Å². The summed E-state index contributed by atoms with van der Waals surface area (Å²) in [5, 5.41) is 8.08. The Kier molecular flexibility index (Phi) is 8.72. The molecule has 148 valence electrons. The van der Waals surface area contributed by atoms with E-state index in [1.807, 2.05) is 24.3 Å². The third-order valence-corrected chi connectivity index (χ3v) is 5.36. The van der Waals surface area contributed by atoms with Crippen LogP contribution in [0.15, 0.2) is 46.2 Å². The second-order valence-electron chi connectivity index (χ2n) is 6.43. The largest absolute Gasteiger partial charge is 0.472 e. The number of rotatable bonds is 5. The first-order valence-corrected chi connectivity index (χ1v) is 9.37. The zero-order valence-corrected chi connectivity index (χ0v) is 19.0. The van der Waals surface area contributed by atoms with Crippen LogP contribution >= 0.6 is 47.2 Å².